The second-order valence-corrected chi connectivity index (χ2v) is 11.6. The van der Waals surface area contributed by atoms with Crippen LogP contribution in [0.25, 0.3) is 5.65 Å². The first-order valence-corrected chi connectivity index (χ1v) is 14.3. The van der Waals surface area contributed by atoms with E-state index in [1.54, 1.807) is 12.3 Å². The van der Waals surface area contributed by atoms with E-state index in [2.05, 4.69) is 41.4 Å². The highest BCUT2D eigenvalue weighted by Crippen LogP contribution is 2.38. The smallest absolute Gasteiger partial charge is 0.369 e. The zero-order valence-corrected chi connectivity index (χ0v) is 24.2. The van der Waals surface area contributed by atoms with Crippen molar-refractivity contribution in [3.8, 4) is 0 Å². The number of piperazine rings is 1. The van der Waals surface area contributed by atoms with Crippen LogP contribution in [0.15, 0.2) is 54.9 Å². The lowest BCUT2D eigenvalue weighted by molar-refractivity contribution is -0.137. The molecule has 0 radical (unpaired) electrons. The number of fused-ring (bicyclic) bond motifs is 1. The fraction of sp³-hybridized carbons (Fsp3) is 0.321. The summed E-state index contributed by atoms with van der Waals surface area (Å²) in [6, 6.07) is 8.28. The van der Waals surface area contributed by atoms with Gasteiger partial charge in [-0.05, 0) is 55.3 Å². The van der Waals surface area contributed by atoms with Gasteiger partial charge in [-0.2, -0.15) is 18.3 Å². The van der Waals surface area contributed by atoms with Crippen LogP contribution in [0.3, 0.4) is 0 Å². The molecular formula is C28H25F5IN7O. The molecule has 2 aliphatic heterocycles. The summed E-state index contributed by atoms with van der Waals surface area (Å²) < 4.78 is 74.3. The Kier molecular flexibility index (Phi) is 7.68. The highest BCUT2D eigenvalue weighted by Gasteiger charge is 2.36. The Labute approximate surface area is 251 Å². The highest BCUT2D eigenvalue weighted by atomic mass is 127. The number of carbonyl (C=O) groups excluding carboxylic acids is 1. The first kappa shape index (κ1) is 28.6. The third kappa shape index (κ3) is 5.61. The van der Waals surface area contributed by atoms with E-state index < -0.39 is 40.9 Å². The van der Waals surface area contributed by atoms with Gasteiger partial charge in [-0.3, -0.25) is 4.79 Å². The van der Waals surface area contributed by atoms with E-state index in [-0.39, 0.29) is 16.9 Å². The number of aromatic nitrogens is 3. The second-order valence-electron chi connectivity index (χ2n) is 10.2. The van der Waals surface area contributed by atoms with Crippen LogP contribution in [-0.2, 0) is 6.18 Å². The van der Waals surface area contributed by atoms with Crippen molar-refractivity contribution in [1.29, 1.82) is 0 Å². The van der Waals surface area contributed by atoms with Crippen molar-refractivity contribution < 1.29 is 26.7 Å². The third-order valence-corrected chi connectivity index (χ3v) is 8.58. The van der Waals surface area contributed by atoms with Crippen molar-refractivity contribution in [1.82, 2.24) is 17.7 Å². The Bertz CT molecular complexity index is 1640. The van der Waals surface area contributed by atoms with Crippen molar-refractivity contribution in [2.75, 3.05) is 47.8 Å². The number of nitrogens with zero attached hydrogens (tertiary/aromatic N) is 6. The summed E-state index contributed by atoms with van der Waals surface area (Å²) in [5.74, 6) is -1.58. The normalized spacial score (nSPS) is 18.2. The van der Waals surface area contributed by atoms with Crippen LogP contribution in [-0.4, -0.2) is 56.3 Å². The molecule has 2 saturated heterocycles. The molecule has 6 rings (SSSR count). The number of rotatable bonds is 5. The summed E-state index contributed by atoms with van der Waals surface area (Å²) >= 11 is 2.18. The summed E-state index contributed by atoms with van der Waals surface area (Å²) in [6.07, 6.45) is -0.545. The van der Waals surface area contributed by atoms with Gasteiger partial charge in [0.25, 0.3) is 5.91 Å². The molecule has 220 valence electrons. The van der Waals surface area contributed by atoms with Gasteiger partial charge in [0.1, 0.15) is 23.1 Å². The zero-order valence-electron chi connectivity index (χ0n) is 22.1. The van der Waals surface area contributed by atoms with Crippen molar-refractivity contribution in [2.24, 2.45) is 0 Å². The molecule has 2 aliphatic rings. The number of hydrogen-bond acceptors (Lipinski definition) is 6. The standard InChI is InChI=1S/C28H25F5IN7O/c29-17-3-6-22(30)20(14-17)24-2-1-8-40(24)25-7-9-41-26(37-25)23(16-35-41)36-27(42)19-5-4-18(15-21(19)28(31,32)33)38-10-12-39(34)13-11-38/h3-7,9,14-16,24H,1-2,8,10-13H2,(H,36,42)/t24-/m1/s1. The fourth-order valence-electron chi connectivity index (χ4n) is 5.53. The van der Waals surface area contributed by atoms with E-state index in [0.717, 1.165) is 24.6 Å². The summed E-state index contributed by atoms with van der Waals surface area (Å²) in [4.78, 5) is 21.5. The Balaban J connectivity index is 1.28. The summed E-state index contributed by atoms with van der Waals surface area (Å²) in [5.41, 5.74) is -0.610. The number of halogens is 6. The number of hydrogen-bond donors (Lipinski definition) is 1. The van der Waals surface area contributed by atoms with Gasteiger partial charge in [-0.25, -0.2) is 21.4 Å². The molecule has 0 bridgehead atoms. The molecule has 1 N–H and O–H groups in total. The Morgan fingerprint density at radius 3 is 2.55 bits per heavy atom. The minimum atomic E-state index is -4.75. The monoisotopic (exact) mass is 697 g/mol. The maximum atomic E-state index is 14.6. The van der Waals surface area contributed by atoms with Gasteiger partial charge in [-0.15, -0.1) is 0 Å². The minimum absolute atomic E-state index is 0.116. The van der Waals surface area contributed by atoms with E-state index in [9.17, 15) is 26.7 Å². The number of nitrogens with one attached hydrogen (secondary N) is 1. The van der Waals surface area contributed by atoms with Crippen LogP contribution in [0.2, 0.25) is 0 Å². The quantitative estimate of drug-likeness (QED) is 0.155. The molecule has 8 nitrogen and oxygen atoms in total. The number of benzene rings is 2. The topological polar surface area (TPSA) is 69.0 Å². The maximum absolute atomic E-state index is 14.6. The molecule has 1 amide bonds. The van der Waals surface area contributed by atoms with Gasteiger partial charge in [0.05, 0.1) is 23.4 Å². The molecule has 4 heterocycles. The second kappa shape index (κ2) is 11.3. The van der Waals surface area contributed by atoms with Gasteiger partial charge in [0, 0.05) is 73.0 Å². The lowest BCUT2D eigenvalue weighted by atomic mass is 10.0. The molecule has 2 aromatic heterocycles. The molecule has 0 unspecified atom stereocenters. The van der Waals surface area contributed by atoms with Crippen molar-refractivity contribution >= 4 is 51.6 Å². The van der Waals surface area contributed by atoms with Crippen LogP contribution < -0.4 is 15.1 Å². The maximum Gasteiger partial charge on any atom is 0.417 e. The van der Waals surface area contributed by atoms with Crippen LogP contribution in [0.5, 0.6) is 0 Å². The molecule has 0 saturated carbocycles. The number of anilines is 3. The van der Waals surface area contributed by atoms with E-state index in [1.165, 1.54) is 28.9 Å². The predicted molar refractivity (Wildman–Crippen MR) is 156 cm³/mol. The number of alkyl halides is 3. The third-order valence-electron chi connectivity index (χ3n) is 7.61. The van der Waals surface area contributed by atoms with E-state index in [4.69, 9.17) is 0 Å². The van der Waals surface area contributed by atoms with E-state index >= 15 is 0 Å². The first-order chi connectivity index (χ1) is 20.1. The largest absolute Gasteiger partial charge is 0.417 e. The Morgan fingerprint density at radius 2 is 1.79 bits per heavy atom. The van der Waals surface area contributed by atoms with Gasteiger partial charge in [0.15, 0.2) is 5.65 Å². The Hall–Kier alpha value is -3.53. The van der Waals surface area contributed by atoms with Gasteiger partial charge in [-0.1, -0.05) is 0 Å². The molecule has 4 aromatic rings. The lowest BCUT2D eigenvalue weighted by Gasteiger charge is -2.33. The van der Waals surface area contributed by atoms with Gasteiger partial charge >= 0.3 is 6.18 Å². The molecule has 2 fully saturated rings. The summed E-state index contributed by atoms with van der Waals surface area (Å²) in [7, 11) is 0. The molecule has 14 heteroatoms. The van der Waals surface area contributed by atoms with Crippen LogP contribution in [0, 0.1) is 11.6 Å². The average molecular weight is 697 g/mol. The van der Waals surface area contributed by atoms with E-state index in [1.807, 2.05) is 9.80 Å². The Morgan fingerprint density at radius 1 is 1.00 bits per heavy atom. The summed E-state index contributed by atoms with van der Waals surface area (Å²) in [5, 5.41) is 6.71. The molecule has 1 atom stereocenters. The highest BCUT2D eigenvalue weighted by molar-refractivity contribution is 14.1. The van der Waals surface area contributed by atoms with Crippen LogP contribution >= 0.6 is 22.9 Å². The molecule has 2 aromatic carbocycles. The fourth-order valence-corrected chi connectivity index (χ4v) is 5.96. The lowest BCUT2D eigenvalue weighted by Crippen LogP contribution is -2.42. The average Bonchev–Trinajstić information content (AvgIpc) is 3.61. The van der Waals surface area contributed by atoms with Crippen LogP contribution in [0.1, 0.15) is 40.4 Å². The predicted octanol–water partition coefficient (Wildman–Crippen LogP) is 6.09. The zero-order chi connectivity index (χ0) is 29.6. The van der Waals surface area contributed by atoms with E-state index in [0.29, 0.717) is 50.6 Å². The van der Waals surface area contributed by atoms with Gasteiger partial charge < -0.3 is 15.1 Å². The molecular weight excluding hydrogens is 672 g/mol. The minimum Gasteiger partial charge on any atom is -0.369 e. The van der Waals surface area contributed by atoms with Crippen molar-refractivity contribution in [2.45, 2.75) is 25.1 Å². The SMILES string of the molecule is O=C(Nc1cnn2ccc(N3CCC[C@@H]3c3cc(F)ccc3F)nc12)c1ccc(N2CCN(I)CC2)cc1C(F)(F)F. The molecule has 42 heavy (non-hydrogen) atoms. The molecule has 0 aliphatic carbocycles. The van der Waals surface area contributed by atoms with Gasteiger partial charge in [0.2, 0.25) is 0 Å². The number of amides is 1. The first-order valence-electron chi connectivity index (χ1n) is 13.3. The van der Waals surface area contributed by atoms with Crippen LogP contribution in [0.4, 0.5) is 39.1 Å². The summed E-state index contributed by atoms with van der Waals surface area (Å²) in [6.45, 7) is 3.11. The van der Waals surface area contributed by atoms with Crippen molar-refractivity contribution in [3.05, 3.63) is 83.2 Å². The molecule has 0 spiro atoms. The number of carbonyl (C=O) groups is 1. The van der Waals surface area contributed by atoms with Crippen molar-refractivity contribution in [3.63, 3.8) is 0 Å².